The molecule has 0 aliphatic rings. The Kier molecular flexibility index (Phi) is 4.95. The van der Waals surface area contributed by atoms with Crippen LogP contribution in [-0.2, 0) is 6.54 Å². The van der Waals surface area contributed by atoms with Crippen molar-refractivity contribution in [2.75, 3.05) is 0 Å². The third-order valence-electron chi connectivity index (χ3n) is 2.44. The van der Waals surface area contributed by atoms with E-state index in [4.69, 9.17) is 16.9 Å². The first-order valence-corrected chi connectivity index (χ1v) is 6.65. The van der Waals surface area contributed by atoms with Gasteiger partial charge >= 0.3 is 0 Å². The van der Waals surface area contributed by atoms with Crippen LogP contribution in [0.5, 0.6) is 0 Å². The van der Waals surface area contributed by atoms with Crippen molar-refractivity contribution < 1.29 is 0 Å². The molecule has 1 aromatic rings. The van der Waals surface area contributed by atoms with Gasteiger partial charge in [0.25, 0.3) is 5.56 Å². The predicted molar refractivity (Wildman–Crippen MR) is 74.9 cm³/mol. The van der Waals surface area contributed by atoms with Gasteiger partial charge in [0.15, 0.2) is 0 Å². The van der Waals surface area contributed by atoms with Gasteiger partial charge in [-0.2, -0.15) is 5.26 Å². The standard InChI is InChI=1S/C11H13ClIN3O/c1-11(2,6-14)4-3-5-16-7-15-9(12)8(13)10(16)17/h7H,3-5H2,1-2H3. The SMILES string of the molecule is CC(C)(C#N)CCCn1cnc(Cl)c(I)c1=O. The average Bonchev–Trinajstić information content (AvgIpc) is 2.29. The molecule has 0 N–H and O–H groups in total. The van der Waals surface area contributed by atoms with E-state index >= 15 is 0 Å². The van der Waals surface area contributed by atoms with Crippen molar-refractivity contribution >= 4 is 34.2 Å². The van der Waals surface area contributed by atoms with Crippen LogP contribution in [0, 0.1) is 20.3 Å². The summed E-state index contributed by atoms with van der Waals surface area (Å²) in [6.07, 6.45) is 2.96. The molecular formula is C11H13ClIN3O. The van der Waals surface area contributed by atoms with Gasteiger partial charge in [-0.1, -0.05) is 11.6 Å². The number of rotatable bonds is 4. The zero-order valence-corrected chi connectivity index (χ0v) is 12.6. The molecule has 92 valence electrons. The van der Waals surface area contributed by atoms with Gasteiger partial charge in [0, 0.05) is 6.54 Å². The zero-order valence-electron chi connectivity index (χ0n) is 9.70. The molecule has 0 radical (unpaired) electrons. The zero-order chi connectivity index (χ0) is 13.1. The van der Waals surface area contributed by atoms with E-state index in [1.165, 1.54) is 10.9 Å². The van der Waals surface area contributed by atoms with Crippen molar-refractivity contribution in [1.29, 1.82) is 5.26 Å². The minimum atomic E-state index is -0.351. The monoisotopic (exact) mass is 365 g/mol. The number of hydrogen-bond acceptors (Lipinski definition) is 3. The van der Waals surface area contributed by atoms with E-state index in [-0.39, 0.29) is 16.1 Å². The third-order valence-corrected chi connectivity index (χ3v) is 4.02. The lowest BCUT2D eigenvalue weighted by molar-refractivity contribution is 0.412. The summed E-state index contributed by atoms with van der Waals surface area (Å²) in [5, 5.41) is 9.12. The highest BCUT2D eigenvalue weighted by molar-refractivity contribution is 14.1. The largest absolute Gasteiger partial charge is 0.298 e. The Morgan fingerprint density at radius 2 is 2.29 bits per heavy atom. The quantitative estimate of drug-likeness (QED) is 0.609. The summed E-state index contributed by atoms with van der Waals surface area (Å²) in [4.78, 5) is 15.7. The lowest BCUT2D eigenvalue weighted by Crippen LogP contribution is -2.24. The Morgan fingerprint density at radius 3 is 2.88 bits per heavy atom. The van der Waals surface area contributed by atoms with Crippen molar-refractivity contribution in [3.8, 4) is 6.07 Å². The van der Waals surface area contributed by atoms with E-state index in [0.717, 1.165) is 12.8 Å². The minimum Gasteiger partial charge on any atom is -0.298 e. The summed E-state index contributed by atoms with van der Waals surface area (Å²) in [7, 11) is 0. The van der Waals surface area contributed by atoms with Crippen LogP contribution in [0.15, 0.2) is 11.1 Å². The van der Waals surface area contributed by atoms with E-state index in [2.05, 4.69) is 11.1 Å². The van der Waals surface area contributed by atoms with Crippen LogP contribution >= 0.6 is 34.2 Å². The maximum atomic E-state index is 11.8. The van der Waals surface area contributed by atoms with Crippen LogP contribution in [0.3, 0.4) is 0 Å². The summed E-state index contributed by atoms with van der Waals surface area (Å²) < 4.78 is 1.97. The molecule has 1 heterocycles. The summed E-state index contributed by atoms with van der Waals surface area (Å²) in [6.45, 7) is 4.34. The minimum absolute atomic E-state index is 0.125. The lowest BCUT2D eigenvalue weighted by Gasteiger charge is -2.14. The second kappa shape index (κ2) is 5.83. The first-order chi connectivity index (χ1) is 7.87. The van der Waals surface area contributed by atoms with Gasteiger partial charge in [-0.15, -0.1) is 0 Å². The fraction of sp³-hybridized carbons (Fsp3) is 0.545. The normalized spacial score (nSPS) is 11.2. The molecule has 0 spiro atoms. The highest BCUT2D eigenvalue weighted by Crippen LogP contribution is 2.20. The number of hydrogen-bond donors (Lipinski definition) is 0. The number of nitriles is 1. The molecule has 0 unspecified atom stereocenters. The molecule has 0 aromatic carbocycles. The molecule has 6 heteroatoms. The molecule has 1 rings (SSSR count). The predicted octanol–water partition coefficient (Wildman–Crippen LogP) is 2.83. The van der Waals surface area contributed by atoms with Crippen molar-refractivity contribution in [3.63, 3.8) is 0 Å². The highest BCUT2D eigenvalue weighted by atomic mass is 127. The number of aromatic nitrogens is 2. The second-order valence-corrected chi connectivity index (χ2v) is 5.88. The summed E-state index contributed by atoms with van der Waals surface area (Å²) in [5.41, 5.74) is -0.475. The Bertz CT molecular complexity index is 504. The third kappa shape index (κ3) is 3.96. The molecule has 0 amide bonds. The van der Waals surface area contributed by atoms with E-state index in [9.17, 15) is 4.79 Å². The maximum absolute atomic E-state index is 11.8. The molecule has 17 heavy (non-hydrogen) atoms. The summed E-state index contributed by atoms with van der Waals surface area (Å²) >= 11 is 7.63. The van der Waals surface area contributed by atoms with Gasteiger partial charge in [0.05, 0.1) is 17.8 Å². The summed E-state index contributed by atoms with van der Waals surface area (Å²) in [5.74, 6) is 0. The first-order valence-electron chi connectivity index (χ1n) is 5.19. The number of aryl methyl sites for hydroxylation is 1. The molecule has 4 nitrogen and oxygen atoms in total. The van der Waals surface area contributed by atoms with Gasteiger partial charge < -0.3 is 0 Å². The van der Waals surface area contributed by atoms with Crippen LogP contribution in [0.1, 0.15) is 26.7 Å². The summed E-state index contributed by atoms with van der Waals surface area (Å²) in [6, 6.07) is 2.24. The molecule has 0 saturated carbocycles. The Hall–Kier alpha value is -0.610. The van der Waals surface area contributed by atoms with E-state index in [0.29, 0.717) is 10.1 Å². The van der Waals surface area contributed by atoms with Crippen LogP contribution in [0.25, 0.3) is 0 Å². The van der Waals surface area contributed by atoms with Crippen molar-refractivity contribution in [2.45, 2.75) is 33.2 Å². The molecule has 0 atom stereocenters. The van der Waals surface area contributed by atoms with Crippen LogP contribution in [0.2, 0.25) is 5.15 Å². The molecule has 1 aromatic heterocycles. The smallest absolute Gasteiger partial charge is 0.268 e. The maximum Gasteiger partial charge on any atom is 0.268 e. The van der Waals surface area contributed by atoms with E-state index in [1.807, 2.05) is 36.4 Å². The number of nitrogens with zero attached hydrogens (tertiary/aromatic N) is 3. The Balaban J connectivity index is 2.70. The molecule has 0 aliphatic heterocycles. The fourth-order valence-electron chi connectivity index (χ4n) is 1.35. The average molecular weight is 366 g/mol. The fourth-order valence-corrected chi connectivity index (χ4v) is 1.92. The van der Waals surface area contributed by atoms with Crippen LogP contribution in [0.4, 0.5) is 0 Å². The second-order valence-electron chi connectivity index (χ2n) is 4.45. The number of halogens is 2. The van der Waals surface area contributed by atoms with Crippen molar-refractivity contribution in [2.24, 2.45) is 5.41 Å². The topological polar surface area (TPSA) is 58.7 Å². The van der Waals surface area contributed by atoms with Crippen molar-refractivity contribution in [1.82, 2.24) is 9.55 Å². The first kappa shape index (κ1) is 14.5. The van der Waals surface area contributed by atoms with Gasteiger partial charge in [-0.3, -0.25) is 9.36 Å². The van der Waals surface area contributed by atoms with Gasteiger partial charge in [-0.25, -0.2) is 4.98 Å². The molecule has 0 bridgehead atoms. The van der Waals surface area contributed by atoms with Gasteiger partial charge in [0.1, 0.15) is 8.72 Å². The highest BCUT2D eigenvalue weighted by Gasteiger charge is 2.16. The molecular weight excluding hydrogens is 352 g/mol. The van der Waals surface area contributed by atoms with Gasteiger partial charge in [0.2, 0.25) is 0 Å². The lowest BCUT2D eigenvalue weighted by atomic mass is 9.90. The molecule has 0 saturated heterocycles. The molecule has 0 aliphatic carbocycles. The van der Waals surface area contributed by atoms with Crippen molar-refractivity contribution in [3.05, 3.63) is 25.4 Å². The Morgan fingerprint density at radius 1 is 1.65 bits per heavy atom. The van der Waals surface area contributed by atoms with Crippen LogP contribution < -0.4 is 5.56 Å². The Labute approximate surface area is 119 Å². The van der Waals surface area contributed by atoms with E-state index < -0.39 is 0 Å². The van der Waals surface area contributed by atoms with E-state index in [1.54, 1.807) is 0 Å². The van der Waals surface area contributed by atoms with Crippen LogP contribution in [-0.4, -0.2) is 9.55 Å². The van der Waals surface area contributed by atoms with Gasteiger partial charge in [-0.05, 0) is 49.3 Å². The molecule has 0 fully saturated rings.